The third kappa shape index (κ3) is 6.60. The van der Waals surface area contributed by atoms with Crippen LogP contribution in [-0.4, -0.2) is 30.1 Å². The molecule has 0 rings (SSSR count). The van der Waals surface area contributed by atoms with Crippen molar-refractivity contribution in [3.8, 4) is 0 Å². The van der Waals surface area contributed by atoms with Gasteiger partial charge < -0.3 is 14.6 Å². The van der Waals surface area contributed by atoms with Crippen LogP contribution in [0.3, 0.4) is 0 Å². The van der Waals surface area contributed by atoms with Gasteiger partial charge in [-0.2, -0.15) is 0 Å². The van der Waals surface area contributed by atoms with Crippen molar-refractivity contribution in [2.45, 2.75) is 45.1 Å². The molecule has 0 amide bonds. The molecule has 0 aliphatic rings. The largest absolute Gasteiger partial charge is 0.479 e. The van der Waals surface area contributed by atoms with E-state index in [0.717, 1.165) is 19.1 Å². The maximum atomic E-state index is 10.7. The van der Waals surface area contributed by atoms with Crippen LogP contribution in [0.2, 0.25) is 0 Å². The zero-order valence-corrected chi connectivity index (χ0v) is 8.57. The highest BCUT2D eigenvalue weighted by Gasteiger charge is 2.16. The summed E-state index contributed by atoms with van der Waals surface area (Å²) in [5.41, 5.74) is 0. The minimum Gasteiger partial charge on any atom is -0.479 e. The van der Waals surface area contributed by atoms with Gasteiger partial charge in [-0.1, -0.05) is 13.3 Å². The third-order valence-corrected chi connectivity index (χ3v) is 1.88. The SMILES string of the molecule is CCCCOC(CCCC=O)C(=O)O. The van der Waals surface area contributed by atoms with Crippen LogP contribution in [0.15, 0.2) is 0 Å². The number of hydrogen-bond acceptors (Lipinski definition) is 3. The normalized spacial score (nSPS) is 12.4. The molecular formula is C10H18O4. The fourth-order valence-corrected chi connectivity index (χ4v) is 1.03. The monoisotopic (exact) mass is 202 g/mol. The molecule has 0 aromatic rings. The molecule has 14 heavy (non-hydrogen) atoms. The Morgan fingerprint density at radius 2 is 2.21 bits per heavy atom. The van der Waals surface area contributed by atoms with Gasteiger partial charge in [0.1, 0.15) is 6.29 Å². The van der Waals surface area contributed by atoms with Crippen molar-refractivity contribution in [3.63, 3.8) is 0 Å². The molecule has 82 valence electrons. The molecule has 0 aromatic carbocycles. The summed E-state index contributed by atoms with van der Waals surface area (Å²) in [4.78, 5) is 20.7. The van der Waals surface area contributed by atoms with Crippen LogP contribution < -0.4 is 0 Å². The number of aliphatic carboxylic acids is 1. The second kappa shape index (κ2) is 8.69. The fourth-order valence-electron chi connectivity index (χ4n) is 1.03. The van der Waals surface area contributed by atoms with E-state index in [2.05, 4.69) is 0 Å². The molecular weight excluding hydrogens is 184 g/mol. The second-order valence-corrected chi connectivity index (χ2v) is 3.15. The highest BCUT2D eigenvalue weighted by atomic mass is 16.5. The van der Waals surface area contributed by atoms with E-state index in [-0.39, 0.29) is 0 Å². The molecule has 0 bridgehead atoms. The van der Waals surface area contributed by atoms with Gasteiger partial charge in [0, 0.05) is 13.0 Å². The number of carboxylic acid groups (broad SMARTS) is 1. The molecule has 1 N–H and O–H groups in total. The van der Waals surface area contributed by atoms with E-state index in [9.17, 15) is 9.59 Å². The van der Waals surface area contributed by atoms with Gasteiger partial charge in [0.05, 0.1) is 0 Å². The van der Waals surface area contributed by atoms with Crippen molar-refractivity contribution in [1.29, 1.82) is 0 Å². The van der Waals surface area contributed by atoms with Gasteiger partial charge in [0.25, 0.3) is 0 Å². The van der Waals surface area contributed by atoms with E-state index in [4.69, 9.17) is 9.84 Å². The summed E-state index contributed by atoms with van der Waals surface area (Å²) in [6, 6.07) is 0. The summed E-state index contributed by atoms with van der Waals surface area (Å²) in [5, 5.41) is 8.76. The van der Waals surface area contributed by atoms with Crippen LogP contribution in [0.1, 0.15) is 39.0 Å². The quantitative estimate of drug-likeness (QED) is 0.456. The Balaban J connectivity index is 3.66. The zero-order chi connectivity index (χ0) is 10.8. The lowest BCUT2D eigenvalue weighted by atomic mass is 10.1. The molecule has 1 atom stereocenters. The molecule has 0 aliphatic heterocycles. The fraction of sp³-hybridized carbons (Fsp3) is 0.800. The molecule has 1 unspecified atom stereocenters. The van der Waals surface area contributed by atoms with Gasteiger partial charge in [0.15, 0.2) is 6.10 Å². The minimum atomic E-state index is -0.938. The van der Waals surface area contributed by atoms with Crippen molar-refractivity contribution in [1.82, 2.24) is 0 Å². The van der Waals surface area contributed by atoms with Crippen LogP contribution in [0.4, 0.5) is 0 Å². The van der Waals surface area contributed by atoms with Crippen molar-refractivity contribution >= 4 is 12.3 Å². The maximum absolute atomic E-state index is 10.7. The summed E-state index contributed by atoms with van der Waals surface area (Å²) >= 11 is 0. The average molecular weight is 202 g/mol. The number of carbonyl (C=O) groups is 2. The van der Waals surface area contributed by atoms with E-state index < -0.39 is 12.1 Å². The standard InChI is InChI=1S/C10H18O4/c1-2-3-8-14-9(10(12)13)6-4-5-7-11/h7,9H,2-6,8H2,1H3,(H,12,13). The highest BCUT2D eigenvalue weighted by molar-refractivity contribution is 5.72. The predicted octanol–water partition coefficient (Wildman–Crippen LogP) is 1.63. The number of aldehydes is 1. The van der Waals surface area contributed by atoms with Gasteiger partial charge >= 0.3 is 5.97 Å². The first-order valence-electron chi connectivity index (χ1n) is 5.00. The first-order chi connectivity index (χ1) is 6.72. The van der Waals surface area contributed by atoms with Crippen LogP contribution in [0.25, 0.3) is 0 Å². The number of hydrogen-bond donors (Lipinski definition) is 1. The van der Waals surface area contributed by atoms with E-state index >= 15 is 0 Å². The predicted molar refractivity (Wildman–Crippen MR) is 52.2 cm³/mol. The van der Waals surface area contributed by atoms with E-state index in [1.54, 1.807) is 0 Å². The molecule has 0 radical (unpaired) electrons. The van der Waals surface area contributed by atoms with Crippen molar-refractivity contribution in [2.75, 3.05) is 6.61 Å². The Morgan fingerprint density at radius 3 is 2.71 bits per heavy atom. The Kier molecular flexibility index (Phi) is 8.13. The molecule has 0 fully saturated rings. The summed E-state index contributed by atoms with van der Waals surface area (Å²) in [5.74, 6) is -0.938. The Bertz CT molecular complexity index is 168. The molecule has 0 saturated heterocycles. The smallest absolute Gasteiger partial charge is 0.332 e. The number of carboxylic acids is 1. The van der Waals surface area contributed by atoms with Gasteiger partial charge in [-0.15, -0.1) is 0 Å². The van der Waals surface area contributed by atoms with Crippen LogP contribution in [0.5, 0.6) is 0 Å². The molecule has 0 spiro atoms. The Labute approximate surface area is 84.3 Å². The molecule has 0 aliphatic carbocycles. The minimum absolute atomic E-state index is 0.404. The number of rotatable bonds is 9. The van der Waals surface area contributed by atoms with Crippen molar-refractivity contribution < 1.29 is 19.4 Å². The van der Waals surface area contributed by atoms with Gasteiger partial charge in [-0.25, -0.2) is 4.79 Å². The zero-order valence-electron chi connectivity index (χ0n) is 8.57. The van der Waals surface area contributed by atoms with Crippen molar-refractivity contribution in [2.24, 2.45) is 0 Å². The lowest BCUT2D eigenvalue weighted by molar-refractivity contribution is -0.151. The van der Waals surface area contributed by atoms with Crippen LogP contribution in [0, 0.1) is 0 Å². The van der Waals surface area contributed by atoms with Gasteiger partial charge in [-0.3, -0.25) is 0 Å². The highest BCUT2D eigenvalue weighted by Crippen LogP contribution is 2.05. The summed E-state index contributed by atoms with van der Waals surface area (Å²) in [7, 11) is 0. The summed E-state index contributed by atoms with van der Waals surface area (Å²) in [6.45, 7) is 2.50. The van der Waals surface area contributed by atoms with E-state index in [0.29, 0.717) is 25.9 Å². The molecule has 0 saturated carbocycles. The molecule has 0 heterocycles. The molecule has 4 nitrogen and oxygen atoms in total. The topological polar surface area (TPSA) is 63.6 Å². The summed E-state index contributed by atoms with van der Waals surface area (Å²) < 4.78 is 5.18. The van der Waals surface area contributed by atoms with Gasteiger partial charge in [0.2, 0.25) is 0 Å². The average Bonchev–Trinajstić information content (AvgIpc) is 2.15. The van der Waals surface area contributed by atoms with Crippen LogP contribution >= 0.6 is 0 Å². The first kappa shape index (κ1) is 13.1. The van der Waals surface area contributed by atoms with Crippen LogP contribution in [-0.2, 0) is 14.3 Å². The van der Waals surface area contributed by atoms with E-state index in [1.165, 1.54) is 0 Å². The number of unbranched alkanes of at least 4 members (excludes halogenated alkanes) is 2. The number of ether oxygens (including phenoxy) is 1. The lowest BCUT2D eigenvalue weighted by Gasteiger charge is -2.12. The summed E-state index contributed by atoms with van der Waals surface area (Å²) in [6.07, 6.45) is 3.30. The first-order valence-corrected chi connectivity index (χ1v) is 5.00. The van der Waals surface area contributed by atoms with Gasteiger partial charge in [-0.05, 0) is 19.3 Å². The third-order valence-electron chi connectivity index (χ3n) is 1.88. The lowest BCUT2D eigenvalue weighted by Crippen LogP contribution is -2.24. The molecule has 4 heteroatoms. The Morgan fingerprint density at radius 1 is 1.50 bits per heavy atom. The second-order valence-electron chi connectivity index (χ2n) is 3.15. The number of carbonyl (C=O) groups excluding carboxylic acids is 1. The maximum Gasteiger partial charge on any atom is 0.332 e. The Hall–Kier alpha value is -0.900. The van der Waals surface area contributed by atoms with E-state index in [1.807, 2.05) is 6.92 Å². The molecule has 0 aromatic heterocycles. The van der Waals surface area contributed by atoms with Crippen molar-refractivity contribution in [3.05, 3.63) is 0 Å².